The Kier molecular flexibility index (Phi) is 5.22. The van der Waals surface area contributed by atoms with Gasteiger partial charge in [0.25, 0.3) is 21.8 Å². The normalized spacial score (nSPS) is 13.5. The van der Waals surface area contributed by atoms with Crippen LogP contribution in [0.15, 0.2) is 71.6 Å². The number of aromatic nitrogens is 1. The molecule has 3 aromatic carbocycles. The smallest absolute Gasteiger partial charge is 0.263 e. The monoisotopic (exact) mass is 477 g/mol. The fraction of sp³-hybridized carbons (Fsp3) is 0.125. The molecular formula is C24H19N3O4S2. The zero-order chi connectivity index (χ0) is 23.2. The van der Waals surface area contributed by atoms with E-state index < -0.39 is 10.0 Å². The predicted octanol–water partition coefficient (Wildman–Crippen LogP) is 4.46. The molecular weight excluding hydrogens is 458 g/mol. The lowest BCUT2D eigenvalue weighted by Gasteiger charge is -2.14. The van der Waals surface area contributed by atoms with E-state index in [2.05, 4.69) is 16.6 Å². The van der Waals surface area contributed by atoms with Gasteiger partial charge in [-0.25, -0.2) is 13.4 Å². The van der Waals surface area contributed by atoms with Gasteiger partial charge in [-0.2, -0.15) is 0 Å². The van der Waals surface area contributed by atoms with Crippen molar-refractivity contribution < 1.29 is 18.0 Å². The maximum absolute atomic E-state index is 12.8. The highest BCUT2D eigenvalue weighted by molar-refractivity contribution is 7.93. The van der Waals surface area contributed by atoms with Crippen molar-refractivity contribution in [2.75, 3.05) is 4.72 Å². The molecule has 2 amide bonds. The van der Waals surface area contributed by atoms with E-state index >= 15 is 0 Å². The van der Waals surface area contributed by atoms with Gasteiger partial charge in [0, 0.05) is 0 Å². The standard InChI is InChI=1S/C24H19N3O4S2/c1-2-15-9-12-20-21(13-15)32-24(25-20)26-33(30,31)17-10-7-16(8-11-17)14-27-22(28)18-5-3-4-6-19(18)23(27)29/h3-13H,2,14H2,1H3,(H,25,26). The number of aryl methyl sites for hydroxylation is 1. The number of sulfonamides is 1. The van der Waals surface area contributed by atoms with Crippen LogP contribution in [0, 0.1) is 0 Å². The molecule has 1 N–H and O–H groups in total. The zero-order valence-electron chi connectivity index (χ0n) is 17.6. The van der Waals surface area contributed by atoms with E-state index in [0.717, 1.165) is 27.1 Å². The third-order valence-electron chi connectivity index (χ3n) is 5.54. The van der Waals surface area contributed by atoms with Crippen LogP contribution < -0.4 is 4.72 Å². The van der Waals surface area contributed by atoms with E-state index in [4.69, 9.17) is 0 Å². The number of hydrogen-bond acceptors (Lipinski definition) is 6. The van der Waals surface area contributed by atoms with Gasteiger partial charge >= 0.3 is 0 Å². The van der Waals surface area contributed by atoms with Gasteiger partial charge in [0.05, 0.1) is 32.8 Å². The summed E-state index contributed by atoms with van der Waals surface area (Å²) < 4.78 is 29.2. The van der Waals surface area contributed by atoms with Gasteiger partial charge in [-0.05, 0) is 53.9 Å². The van der Waals surface area contributed by atoms with Crippen molar-refractivity contribution in [3.05, 3.63) is 89.0 Å². The third-order valence-corrected chi connectivity index (χ3v) is 7.95. The molecule has 7 nitrogen and oxygen atoms in total. The van der Waals surface area contributed by atoms with Crippen LogP contribution >= 0.6 is 11.3 Å². The predicted molar refractivity (Wildman–Crippen MR) is 127 cm³/mol. The van der Waals surface area contributed by atoms with Crippen molar-refractivity contribution in [2.45, 2.75) is 24.8 Å². The van der Waals surface area contributed by atoms with E-state index in [0.29, 0.717) is 21.8 Å². The highest BCUT2D eigenvalue weighted by atomic mass is 32.2. The molecule has 0 saturated heterocycles. The fourth-order valence-electron chi connectivity index (χ4n) is 3.75. The number of fused-ring (bicyclic) bond motifs is 2. The largest absolute Gasteiger partial charge is 0.270 e. The van der Waals surface area contributed by atoms with Crippen molar-refractivity contribution in [3.8, 4) is 0 Å². The van der Waals surface area contributed by atoms with Gasteiger partial charge in [0.2, 0.25) is 0 Å². The Bertz CT molecular complexity index is 1470. The molecule has 9 heteroatoms. The minimum absolute atomic E-state index is 0.0672. The Hall–Kier alpha value is -3.56. The molecule has 4 aromatic rings. The van der Waals surface area contributed by atoms with Crippen molar-refractivity contribution in [1.29, 1.82) is 0 Å². The highest BCUT2D eigenvalue weighted by Crippen LogP contribution is 2.29. The molecule has 1 aliphatic heterocycles. The topological polar surface area (TPSA) is 96.4 Å². The summed E-state index contributed by atoms with van der Waals surface area (Å²) in [6.07, 6.45) is 0.891. The second kappa shape index (κ2) is 8.09. The summed E-state index contributed by atoms with van der Waals surface area (Å²) in [7, 11) is -3.84. The molecule has 0 unspecified atom stereocenters. The van der Waals surface area contributed by atoms with E-state index in [1.807, 2.05) is 18.2 Å². The summed E-state index contributed by atoms with van der Waals surface area (Å²) >= 11 is 1.28. The van der Waals surface area contributed by atoms with Gasteiger partial charge < -0.3 is 0 Å². The van der Waals surface area contributed by atoms with Crippen LogP contribution in [0.5, 0.6) is 0 Å². The highest BCUT2D eigenvalue weighted by Gasteiger charge is 2.35. The molecule has 0 bridgehead atoms. The second-order valence-electron chi connectivity index (χ2n) is 7.67. The molecule has 0 spiro atoms. The molecule has 0 saturated carbocycles. The summed E-state index contributed by atoms with van der Waals surface area (Å²) in [5.41, 5.74) is 3.32. The lowest BCUT2D eigenvalue weighted by Crippen LogP contribution is -2.29. The van der Waals surface area contributed by atoms with Crippen LogP contribution in [0.2, 0.25) is 0 Å². The summed E-state index contributed by atoms with van der Waals surface area (Å²) in [4.78, 5) is 30.7. The maximum Gasteiger partial charge on any atom is 0.263 e. The first-order valence-corrected chi connectivity index (χ1v) is 12.6. The number of hydrogen-bond donors (Lipinski definition) is 1. The van der Waals surface area contributed by atoms with Crippen molar-refractivity contribution in [3.63, 3.8) is 0 Å². The van der Waals surface area contributed by atoms with Gasteiger partial charge in [-0.3, -0.25) is 19.2 Å². The second-order valence-corrected chi connectivity index (χ2v) is 10.4. The van der Waals surface area contributed by atoms with E-state index in [1.165, 1.54) is 23.5 Å². The lowest BCUT2D eigenvalue weighted by molar-refractivity contribution is 0.0642. The summed E-state index contributed by atoms with van der Waals surface area (Å²) in [6, 6.07) is 18.7. The molecule has 2 heterocycles. The Labute approximate surface area is 194 Å². The van der Waals surface area contributed by atoms with Gasteiger partial charge in [0.1, 0.15) is 0 Å². The Balaban J connectivity index is 1.33. The SMILES string of the molecule is CCc1ccc2nc(NS(=O)(=O)c3ccc(CN4C(=O)c5ccccc5C4=O)cc3)sc2c1. The van der Waals surface area contributed by atoms with Gasteiger partial charge in [-0.15, -0.1) is 0 Å². The van der Waals surface area contributed by atoms with Crippen LogP contribution in [0.4, 0.5) is 5.13 Å². The Morgan fingerprint density at radius 1 is 0.909 bits per heavy atom. The molecule has 166 valence electrons. The van der Waals surface area contributed by atoms with Gasteiger partial charge in [-0.1, -0.05) is 48.6 Å². The maximum atomic E-state index is 12.8. The third kappa shape index (κ3) is 3.90. The van der Waals surface area contributed by atoms with Crippen LogP contribution in [0.25, 0.3) is 10.2 Å². The quantitative estimate of drug-likeness (QED) is 0.414. The number of carbonyl (C=O) groups is 2. The number of thiazole rings is 1. The van der Waals surface area contributed by atoms with Crippen LogP contribution in [0.3, 0.4) is 0 Å². The van der Waals surface area contributed by atoms with Crippen molar-refractivity contribution in [2.24, 2.45) is 0 Å². The minimum Gasteiger partial charge on any atom is -0.270 e. The molecule has 0 radical (unpaired) electrons. The number of anilines is 1. The molecule has 1 aliphatic rings. The summed E-state index contributed by atoms with van der Waals surface area (Å²) in [6.45, 7) is 2.13. The molecule has 33 heavy (non-hydrogen) atoms. The Morgan fingerprint density at radius 2 is 1.55 bits per heavy atom. The van der Waals surface area contributed by atoms with E-state index in [1.54, 1.807) is 36.4 Å². The zero-order valence-corrected chi connectivity index (χ0v) is 19.2. The molecule has 0 fully saturated rings. The molecule has 0 aliphatic carbocycles. The van der Waals surface area contributed by atoms with Crippen molar-refractivity contribution >= 4 is 48.5 Å². The van der Waals surface area contributed by atoms with Crippen LogP contribution in [0.1, 0.15) is 38.8 Å². The first kappa shape index (κ1) is 21.3. The average molecular weight is 478 g/mol. The summed E-state index contributed by atoms with van der Waals surface area (Å²) in [5, 5.41) is 0.299. The van der Waals surface area contributed by atoms with Crippen LogP contribution in [-0.4, -0.2) is 30.1 Å². The van der Waals surface area contributed by atoms with Gasteiger partial charge in [0.15, 0.2) is 5.13 Å². The number of benzene rings is 3. The van der Waals surface area contributed by atoms with E-state index in [-0.39, 0.29) is 23.3 Å². The van der Waals surface area contributed by atoms with E-state index in [9.17, 15) is 18.0 Å². The Morgan fingerprint density at radius 3 is 2.18 bits per heavy atom. The molecule has 5 rings (SSSR count). The first-order chi connectivity index (χ1) is 15.9. The molecule has 0 atom stereocenters. The van der Waals surface area contributed by atoms with Crippen LogP contribution in [-0.2, 0) is 23.0 Å². The minimum atomic E-state index is -3.84. The number of rotatable bonds is 6. The average Bonchev–Trinajstić information content (AvgIpc) is 3.32. The lowest BCUT2D eigenvalue weighted by atomic mass is 10.1. The number of nitrogens with zero attached hydrogens (tertiary/aromatic N) is 2. The number of amides is 2. The first-order valence-electron chi connectivity index (χ1n) is 10.3. The van der Waals surface area contributed by atoms with Crippen molar-refractivity contribution in [1.82, 2.24) is 9.88 Å². The number of carbonyl (C=O) groups excluding carboxylic acids is 2. The number of nitrogens with one attached hydrogen (secondary N) is 1. The molecule has 1 aromatic heterocycles. The summed E-state index contributed by atoms with van der Waals surface area (Å²) in [5.74, 6) is -0.702. The fourth-order valence-corrected chi connectivity index (χ4v) is 5.91. The number of imide groups is 1.